The second kappa shape index (κ2) is 10.3. The van der Waals surface area contributed by atoms with Crippen LogP contribution in [0.4, 0.5) is 5.69 Å². The van der Waals surface area contributed by atoms with Crippen LogP contribution in [0, 0.1) is 0 Å². The summed E-state index contributed by atoms with van der Waals surface area (Å²) >= 11 is 0. The lowest BCUT2D eigenvalue weighted by molar-refractivity contribution is -0.146. The van der Waals surface area contributed by atoms with E-state index in [1.807, 2.05) is 0 Å². The van der Waals surface area contributed by atoms with Gasteiger partial charge in [0.05, 0.1) is 39.0 Å². The second-order valence-corrected chi connectivity index (χ2v) is 7.85. The third kappa shape index (κ3) is 4.63. The van der Waals surface area contributed by atoms with Gasteiger partial charge in [0.25, 0.3) is 5.91 Å². The number of anilines is 1. The van der Waals surface area contributed by atoms with Crippen molar-refractivity contribution in [3.8, 4) is 17.2 Å². The normalized spacial score (nSPS) is 11.8. The number of fused-ring (bicyclic) bond motifs is 2. The Morgan fingerprint density at radius 1 is 0.778 bits per heavy atom. The first-order valence-corrected chi connectivity index (χ1v) is 10.9. The predicted molar refractivity (Wildman–Crippen MR) is 129 cm³/mol. The molecule has 0 saturated heterocycles. The van der Waals surface area contributed by atoms with Gasteiger partial charge in [-0.05, 0) is 23.8 Å². The molecule has 0 heterocycles. The van der Waals surface area contributed by atoms with Gasteiger partial charge in [-0.25, -0.2) is 0 Å². The number of carbonyl (C=O) groups excluding carboxylic acids is 4. The topological polar surface area (TPSA) is 117 Å². The van der Waals surface area contributed by atoms with Crippen LogP contribution in [0.15, 0.2) is 54.6 Å². The average molecular weight is 489 g/mol. The molecule has 3 aromatic carbocycles. The number of esters is 1. The summed E-state index contributed by atoms with van der Waals surface area (Å²) in [5, 5.41) is 2.58. The maximum absolute atomic E-state index is 13.1. The van der Waals surface area contributed by atoms with Gasteiger partial charge < -0.3 is 24.3 Å². The maximum Gasteiger partial charge on any atom is 0.310 e. The van der Waals surface area contributed by atoms with Gasteiger partial charge in [0.15, 0.2) is 29.7 Å². The number of hydrogen-bond acceptors (Lipinski definition) is 8. The number of ether oxygens (including phenoxy) is 4. The molecule has 1 aliphatic rings. The molecule has 9 heteroatoms. The fourth-order valence-electron chi connectivity index (χ4n) is 4.04. The molecule has 0 aromatic heterocycles. The van der Waals surface area contributed by atoms with Crippen molar-refractivity contribution in [3.63, 3.8) is 0 Å². The monoisotopic (exact) mass is 489 g/mol. The molecule has 0 fully saturated rings. The molecule has 1 aliphatic carbocycles. The van der Waals surface area contributed by atoms with Crippen LogP contribution in [-0.4, -0.2) is 51.4 Å². The molecular formula is C27H23NO8. The summed E-state index contributed by atoms with van der Waals surface area (Å²) in [5.74, 6) is -0.823. The lowest BCUT2D eigenvalue weighted by Gasteiger charge is -2.20. The molecule has 4 rings (SSSR count). The molecule has 1 N–H and O–H groups in total. The SMILES string of the molecule is COc1cc(CC(=O)OCC(=O)Nc2cccc3c2C(=O)c2ccccc2C3=O)cc(OC)c1OC. The summed E-state index contributed by atoms with van der Waals surface area (Å²) in [6.07, 6.45) is -0.144. The van der Waals surface area contributed by atoms with Crippen molar-refractivity contribution < 1.29 is 38.1 Å². The summed E-state index contributed by atoms with van der Waals surface area (Å²) < 4.78 is 20.9. The summed E-state index contributed by atoms with van der Waals surface area (Å²) in [5.41, 5.74) is 1.61. The summed E-state index contributed by atoms with van der Waals surface area (Å²) in [7, 11) is 4.39. The Bertz CT molecular complexity index is 1350. The van der Waals surface area contributed by atoms with E-state index in [4.69, 9.17) is 18.9 Å². The van der Waals surface area contributed by atoms with Gasteiger partial charge in [-0.3, -0.25) is 19.2 Å². The van der Waals surface area contributed by atoms with Crippen LogP contribution in [-0.2, 0) is 20.7 Å². The number of amides is 1. The highest BCUT2D eigenvalue weighted by Gasteiger charge is 2.31. The average Bonchev–Trinajstić information content (AvgIpc) is 2.89. The highest BCUT2D eigenvalue weighted by Crippen LogP contribution is 2.38. The van der Waals surface area contributed by atoms with Crippen molar-refractivity contribution >= 4 is 29.1 Å². The third-order valence-corrected chi connectivity index (χ3v) is 5.66. The predicted octanol–water partition coefficient (Wildman–Crippen LogP) is 3.21. The van der Waals surface area contributed by atoms with Crippen molar-refractivity contribution in [1.29, 1.82) is 0 Å². The van der Waals surface area contributed by atoms with Gasteiger partial charge in [-0.15, -0.1) is 0 Å². The van der Waals surface area contributed by atoms with Crippen LogP contribution in [0.2, 0.25) is 0 Å². The molecule has 0 bridgehead atoms. The van der Waals surface area contributed by atoms with Crippen LogP contribution in [0.1, 0.15) is 37.4 Å². The van der Waals surface area contributed by atoms with Crippen LogP contribution in [0.25, 0.3) is 0 Å². The van der Waals surface area contributed by atoms with E-state index in [0.29, 0.717) is 28.4 Å². The first kappa shape index (κ1) is 24.5. The zero-order valence-corrected chi connectivity index (χ0v) is 19.9. The van der Waals surface area contributed by atoms with Crippen LogP contribution < -0.4 is 19.5 Å². The standard InChI is InChI=1S/C27H23NO8/c1-33-20-11-15(12-21(34-2)27(20)35-3)13-23(30)36-14-22(29)28-19-10-6-9-18-24(19)26(32)17-8-5-4-7-16(17)25(18)31/h4-12H,13-14H2,1-3H3,(H,28,29). The Hall–Kier alpha value is -4.66. The van der Waals surface area contributed by atoms with Gasteiger partial charge in [0.2, 0.25) is 5.75 Å². The number of benzene rings is 3. The Kier molecular flexibility index (Phi) is 7.00. The van der Waals surface area contributed by atoms with E-state index in [2.05, 4.69) is 5.32 Å². The van der Waals surface area contributed by atoms with E-state index in [9.17, 15) is 19.2 Å². The second-order valence-electron chi connectivity index (χ2n) is 7.85. The van der Waals surface area contributed by atoms with E-state index in [-0.39, 0.29) is 40.4 Å². The summed E-state index contributed by atoms with van der Waals surface area (Å²) in [4.78, 5) is 50.8. The molecule has 9 nitrogen and oxygen atoms in total. The van der Waals surface area contributed by atoms with Crippen molar-refractivity contribution in [3.05, 3.63) is 82.4 Å². The van der Waals surface area contributed by atoms with E-state index in [0.717, 1.165) is 0 Å². The molecule has 3 aromatic rings. The van der Waals surface area contributed by atoms with E-state index in [1.54, 1.807) is 48.5 Å². The molecule has 0 radical (unpaired) electrons. The van der Waals surface area contributed by atoms with E-state index in [1.165, 1.54) is 27.4 Å². The van der Waals surface area contributed by atoms with Gasteiger partial charge in [0.1, 0.15) is 0 Å². The number of hydrogen-bond donors (Lipinski definition) is 1. The Balaban J connectivity index is 1.44. The molecule has 0 atom stereocenters. The molecule has 184 valence electrons. The van der Waals surface area contributed by atoms with Crippen LogP contribution >= 0.6 is 0 Å². The molecule has 0 unspecified atom stereocenters. The highest BCUT2D eigenvalue weighted by molar-refractivity contribution is 6.30. The molecular weight excluding hydrogens is 466 g/mol. The minimum atomic E-state index is -0.658. The van der Waals surface area contributed by atoms with Crippen LogP contribution in [0.5, 0.6) is 17.2 Å². The van der Waals surface area contributed by atoms with E-state index >= 15 is 0 Å². The third-order valence-electron chi connectivity index (χ3n) is 5.66. The molecule has 0 aliphatic heterocycles. The smallest absolute Gasteiger partial charge is 0.310 e. The first-order chi connectivity index (χ1) is 17.4. The Morgan fingerprint density at radius 2 is 1.39 bits per heavy atom. The minimum Gasteiger partial charge on any atom is -0.493 e. The van der Waals surface area contributed by atoms with Crippen LogP contribution in [0.3, 0.4) is 0 Å². The van der Waals surface area contributed by atoms with Crippen molar-refractivity contribution in [2.24, 2.45) is 0 Å². The summed E-state index contributed by atoms with van der Waals surface area (Å²) in [6.45, 7) is -0.578. The minimum absolute atomic E-state index is 0.110. The largest absolute Gasteiger partial charge is 0.493 e. The van der Waals surface area contributed by atoms with Gasteiger partial charge in [-0.1, -0.05) is 36.4 Å². The molecule has 36 heavy (non-hydrogen) atoms. The van der Waals surface area contributed by atoms with Crippen molar-refractivity contribution in [1.82, 2.24) is 0 Å². The number of rotatable bonds is 8. The van der Waals surface area contributed by atoms with Gasteiger partial charge >= 0.3 is 5.97 Å². The lowest BCUT2D eigenvalue weighted by atomic mass is 9.83. The Labute approximate surface area is 206 Å². The molecule has 1 amide bonds. The number of ketones is 2. The fraction of sp³-hybridized carbons (Fsp3) is 0.185. The maximum atomic E-state index is 13.1. The molecule has 0 saturated carbocycles. The Morgan fingerprint density at radius 3 is 2.00 bits per heavy atom. The lowest BCUT2D eigenvalue weighted by Crippen LogP contribution is -2.26. The molecule has 0 spiro atoms. The zero-order chi connectivity index (χ0) is 25.8. The highest BCUT2D eigenvalue weighted by atomic mass is 16.5. The summed E-state index contributed by atoms with van der Waals surface area (Å²) in [6, 6.07) is 14.4. The fourth-order valence-corrected chi connectivity index (χ4v) is 4.04. The first-order valence-electron chi connectivity index (χ1n) is 10.9. The number of carbonyl (C=O) groups is 4. The van der Waals surface area contributed by atoms with Crippen molar-refractivity contribution in [2.75, 3.05) is 33.3 Å². The quantitative estimate of drug-likeness (QED) is 0.375. The number of nitrogens with one attached hydrogen (secondary N) is 1. The van der Waals surface area contributed by atoms with E-state index < -0.39 is 18.5 Å². The van der Waals surface area contributed by atoms with Gasteiger partial charge in [0, 0.05) is 16.7 Å². The van der Waals surface area contributed by atoms with Crippen molar-refractivity contribution in [2.45, 2.75) is 6.42 Å². The van der Waals surface area contributed by atoms with Gasteiger partial charge in [-0.2, -0.15) is 0 Å². The number of methoxy groups -OCH3 is 3. The zero-order valence-electron chi connectivity index (χ0n) is 19.9.